The maximum absolute atomic E-state index is 8.62. The van der Waals surface area contributed by atoms with Gasteiger partial charge in [0, 0.05) is 5.92 Å². The molecule has 1 rings (SSSR count). The lowest BCUT2D eigenvalue weighted by molar-refractivity contribution is 0.342. The van der Waals surface area contributed by atoms with Crippen molar-refractivity contribution in [2.24, 2.45) is 5.92 Å². The van der Waals surface area contributed by atoms with Crippen molar-refractivity contribution in [3.63, 3.8) is 0 Å². The molecule has 1 aliphatic rings. The first-order valence-corrected chi connectivity index (χ1v) is 7.97. The van der Waals surface area contributed by atoms with E-state index in [1.54, 1.807) is 10.8 Å². The van der Waals surface area contributed by atoms with Crippen LogP contribution in [-0.2, 0) is 0 Å². The van der Waals surface area contributed by atoms with Crippen LogP contribution in [0.5, 0.6) is 0 Å². The maximum atomic E-state index is 8.62. The molecule has 0 aromatic carbocycles. The van der Waals surface area contributed by atoms with E-state index in [2.05, 4.69) is 32.6 Å². The van der Waals surface area contributed by atoms with E-state index in [0.29, 0.717) is 5.92 Å². The van der Waals surface area contributed by atoms with Gasteiger partial charge in [-0.2, -0.15) is 0 Å². The molecular weight excluding hydrogens is 164 g/mol. The highest BCUT2D eigenvalue weighted by molar-refractivity contribution is 6.84. The highest BCUT2D eigenvalue weighted by atomic mass is 28.3. The van der Waals surface area contributed by atoms with Crippen LogP contribution in [0.4, 0.5) is 0 Å². The Labute approximate surface area is 75.8 Å². The van der Waals surface area contributed by atoms with Gasteiger partial charge in [0.1, 0.15) is 0 Å². The lowest BCUT2D eigenvalue weighted by atomic mass is 10.3. The topological polar surface area (TPSA) is 20.2 Å². The van der Waals surface area contributed by atoms with E-state index in [0.717, 1.165) is 0 Å². The molecular formula is C10H18OSi. The normalized spacial score (nSPS) is 23.9. The summed E-state index contributed by atoms with van der Waals surface area (Å²) in [6.07, 6.45) is 3.98. The Morgan fingerprint density at radius 2 is 2.00 bits per heavy atom. The number of hydrogen-bond acceptors (Lipinski definition) is 1. The van der Waals surface area contributed by atoms with E-state index in [9.17, 15) is 0 Å². The predicted octanol–water partition coefficient (Wildman–Crippen LogP) is 2.36. The van der Waals surface area contributed by atoms with E-state index in [1.165, 1.54) is 0 Å². The molecule has 0 aliphatic heterocycles. The molecule has 0 fully saturated rings. The van der Waals surface area contributed by atoms with Gasteiger partial charge in [0.25, 0.3) is 0 Å². The van der Waals surface area contributed by atoms with Gasteiger partial charge >= 0.3 is 0 Å². The van der Waals surface area contributed by atoms with Crippen LogP contribution < -0.4 is 0 Å². The summed E-state index contributed by atoms with van der Waals surface area (Å²) in [5.41, 5.74) is 1.54. The highest BCUT2D eigenvalue weighted by Gasteiger charge is 2.39. The molecule has 0 saturated carbocycles. The van der Waals surface area contributed by atoms with Gasteiger partial charge < -0.3 is 5.11 Å². The lowest BCUT2D eigenvalue weighted by Crippen LogP contribution is -2.19. The predicted molar refractivity (Wildman–Crippen MR) is 55.8 cm³/mol. The van der Waals surface area contributed by atoms with Crippen LogP contribution in [-0.4, -0.2) is 19.8 Å². The summed E-state index contributed by atoms with van der Waals surface area (Å²) in [4.78, 5) is 0. The second kappa shape index (κ2) is 3.19. The quantitative estimate of drug-likeness (QED) is 0.525. The van der Waals surface area contributed by atoms with Crippen molar-refractivity contribution >= 4 is 8.07 Å². The minimum Gasteiger partial charge on any atom is -0.392 e. The summed E-state index contributed by atoms with van der Waals surface area (Å²) in [7, 11) is -1.05. The molecule has 0 spiro atoms. The van der Waals surface area contributed by atoms with Gasteiger partial charge in [0.05, 0.1) is 14.7 Å². The van der Waals surface area contributed by atoms with Crippen LogP contribution in [0.15, 0.2) is 22.9 Å². The molecule has 1 unspecified atom stereocenters. The van der Waals surface area contributed by atoms with Gasteiger partial charge in [-0.25, -0.2) is 0 Å². The molecule has 1 aliphatic carbocycles. The van der Waals surface area contributed by atoms with Crippen molar-refractivity contribution in [3.8, 4) is 0 Å². The standard InChI is InChI=1S/C10H18OSi/c1-8-9(6-5-7-11)10(8)12(2,3)4/h5-6,9,11H,7H2,1-4H3/b6-5+. The van der Waals surface area contributed by atoms with E-state index in [-0.39, 0.29) is 6.61 Å². The van der Waals surface area contributed by atoms with Crippen LogP contribution in [0.3, 0.4) is 0 Å². The van der Waals surface area contributed by atoms with Crippen molar-refractivity contribution in [3.05, 3.63) is 22.9 Å². The molecule has 0 amide bonds. The fourth-order valence-electron chi connectivity index (χ4n) is 1.85. The summed E-state index contributed by atoms with van der Waals surface area (Å²) in [6, 6.07) is 0. The Morgan fingerprint density at radius 3 is 2.33 bits per heavy atom. The average molecular weight is 182 g/mol. The third-order valence-corrected chi connectivity index (χ3v) is 4.68. The van der Waals surface area contributed by atoms with Gasteiger partial charge in [-0.3, -0.25) is 0 Å². The summed E-state index contributed by atoms with van der Waals surface area (Å²) in [5.74, 6) is 0.601. The van der Waals surface area contributed by atoms with Crippen LogP contribution in [0, 0.1) is 5.92 Å². The Kier molecular flexibility index (Phi) is 2.59. The van der Waals surface area contributed by atoms with Gasteiger partial charge in [-0.1, -0.05) is 42.6 Å². The van der Waals surface area contributed by atoms with Crippen LogP contribution in [0.1, 0.15) is 6.92 Å². The average Bonchev–Trinajstić information content (AvgIpc) is 2.56. The fraction of sp³-hybridized carbons (Fsp3) is 0.600. The molecule has 1 nitrogen and oxygen atoms in total. The molecule has 0 aromatic heterocycles. The maximum Gasteiger partial charge on any atom is 0.0736 e. The van der Waals surface area contributed by atoms with Crippen molar-refractivity contribution in [1.29, 1.82) is 0 Å². The van der Waals surface area contributed by atoms with E-state index in [1.807, 2.05) is 6.08 Å². The molecule has 0 radical (unpaired) electrons. The van der Waals surface area contributed by atoms with E-state index >= 15 is 0 Å². The van der Waals surface area contributed by atoms with E-state index < -0.39 is 8.07 Å². The highest BCUT2D eigenvalue weighted by Crippen LogP contribution is 2.45. The molecule has 1 atom stereocenters. The van der Waals surface area contributed by atoms with Crippen molar-refractivity contribution in [2.45, 2.75) is 26.6 Å². The number of aliphatic hydroxyl groups excluding tert-OH is 1. The Balaban J connectivity index is 2.56. The van der Waals surface area contributed by atoms with Gasteiger partial charge in [0.15, 0.2) is 0 Å². The van der Waals surface area contributed by atoms with E-state index in [4.69, 9.17) is 5.11 Å². The Hall–Kier alpha value is -0.343. The zero-order valence-corrected chi connectivity index (χ0v) is 9.39. The van der Waals surface area contributed by atoms with Gasteiger partial charge in [-0.05, 0) is 6.92 Å². The van der Waals surface area contributed by atoms with Gasteiger partial charge in [0.2, 0.25) is 0 Å². The number of aliphatic hydroxyl groups is 1. The zero-order chi connectivity index (χ0) is 9.35. The fourth-order valence-corrected chi connectivity index (χ4v) is 4.36. The largest absolute Gasteiger partial charge is 0.392 e. The summed E-state index contributed by atoms with van der Waals surface area (Å²) >= 11 is 0. The van der Waals surface area contributed by atoms with Crippen molar-refractivity contribution < 1.29 is 5.11 Å². The lowest BCUT2D eigenvalue weighted by Gasteiger charge is -2.11. The molecule has 2 heteroatoms. The SMILES string of the molecule is CC1=C([Si](C)(C)C)C1/C=C/CO. The molecule has 68 valence electrons. The number of hydrogen-bond donors (Lipinski definition) is 1. The van der Waals surface area contributed by atoms with Crippen LogP contribution in [0.2, 0.25) is 19.6 Å². The minimum atomic E-state index is -1.05. The molecule has 0 aromatic rings. The molecule has 0 bridgehead atoms. The summed E-state index contributed by atoms with van der Waals surface area (Å²) in [5, 5.41) is 10.3. The third kappa shape index (κ3) is 1.87. The first-order valence-electron chi connectivity index (χ1n) is 4.47. The number of rotatable bonds is 3. The summed E-state index contributed by atoms with van der Waals surface area (Å²) < 4.78 is 0. The molecule has 1 N–H and O–H groups in total. The monoisotopic (exact) mass is 182 g/mol. The Bertz CT molecular complexity index is 233. The van der Waals surface area contributed by atoms with Crippen molar-refractivity contribution in [1.82, 2.24) is 0 Å². The first-order chi connectivity index (χ1) is 5.48. The Morgan fingerprint density at radius 1 is 1.42 bits per heavy atom. The molecule has 0 heterocycles. The molecule has 12 heavy (non-hydrogen) atoms. The van der Waals surface area contributed by atoms with Crippen LogP contribution >= 0.6 is 0 Å². The zero-order valence-electron chi connectivity index (χ0n) is 8.39. The third-order valence-electron chi connectivity index (χ3n) is 2.36. The van der Waals surface area contributed by atoms with Crippen LogP contribution in [0.25, 0.3) is 0 Å². The number of allylic oxidation sites excluding steroid dienone is 3. The second-order valence-corrected chi connectivity index (χ2v) is 9.47. The first kappa shape index (κ1) is 9.74. The molecule has 0 saturated heterocycles. The smallest absolute Gasteiger partial charge is 0.0736 e. The van der Waals surface area contributed by atoms with Gasteiger partial charge in [-0.15, -0.1) is 0 Å². The minimum absolute atomic E-state index is 0.169. The van der Waals surface area contributed by atoms with Crippen molar-refractivity contribution in [2.75, 3.05) is 6.61 Å². The second-order valence-electron chi connectivity index (χ2n) is 4.44. The summed E-state index contributed by atoms with van der Waals surface area (Å²) in [6.45, 7) is 9.50.